The minimum Gasteiger partial charge on any atom is -0.348 e. The van der Waals surface area contributed by atoms with Crippen LogP contribution in [0.1, 0.15) is 38.1 Å². The number of hydrogen-bond acceptors (Lipinski definition) is 3. The van der Waals surface area contributed by atoms with E-state index in [1.54, 1.807) is 31.2 Å². The van der Waals surface area contributed by atoms with Crippen LogP contribution in [0.15, 0.2) is 24.3 Å². The number of amides is 2. The van der Waals surface area contributed by atoms with Crippen molar-refractivity contribution in [3.05, 3.63) is 34.9 Å². The predicted octanol–water partition coefficient (Wildman–Crippen LogP) is 1.95. The Morgan fingerprint density at radius 1 is 1.23 bits per heavy atom. The largest absolute Gasteiger partial charge is 0.348 e. The Bertz CT molecular complexity index is 531. The molecule has 0 spiro atoms. The van der Waals surface area contributed by atoms with Crippen LogP contribution in [-0.2, 0) is 4.79 Å². The number of nitrogens with one attached hydrogen (secondary N) is 2. The number of carbonyl (C=O) groups is 2. The molecule has 0 heterocycles. The van der Waals surface area contributed by atoms with Crippen LogP contribution in [0.4, 0.5) is 0 Å². The number of benzene rings is 1. The Morgan fingerprint density at radius 3 is 2.23 bits per heavy atom. The molecule has 5 nitrogen and oxygen atoms in total. The number of nitrogens with two attached hydrogens (primary N) is 1. The average Bonchev–Trinajstić information content (AvgIpc) is 2.47. The summed E-state index contributed by atoms with van der Waals surface area (Å²) in [5.74, 6) is -0.400. The molecule has 6 heteroatoms. The highest BCUT2D eigenvalue weighted by atomic mass is 35.5. The summed E-state index contributed by atoms with van der Waals surface area (Å²) in [5.41, 5.74) is 5.70. The number of hydrogen-bond donors (Lipinski definition) is 3. The van der Waals surface area contributed by atoms with Crippen molar-refractivity contribution in [3.8, 4) is 0 Å². The molecule has 0 saturated carbocycles. The third-order valence-electron chi connectivity index (χ3n) is 3.95. The van der Waals surface area contributed by atoms with Crippen molar-refractivity contribution >= 4 is 23.4 Å². The normalized spacial score (nSPS) is 15.0. The van der Waals surface area contributed by atoms with E-state index in [0.717, 1.165) is 0 Å². The summed E-state index contributed by atoms with van der Waals surface area (Å²) in [7, 11) is 0. The zero-order valence-electron chi connectivity index (χ0n) is 13.4. The first kappa shape index (κ1) is 18.5. The molecule has 0 aromatic heterocycles. The van der Waals surface area contributed by atoms with E-state index in [1.807, 2.05) is 20.8 Å². The first-order valence-corrected chi connectivity index (χ1v) is 7.66. The molecule has 1 aromatic rings. The molecule has 0 bridgehead atoms. The van der Waals surface area contributed by atoms with Crippen molar-refractivity contribution < 1.29 is 9.59 Å². The quantitative estimate of drug-likeness (QED) is 0.747. The summed E-state index contributed by atoms with van der Waals surface area (Å²) in [6.07, 6.45) is 0. The molecule has 122 valence electrons. The lowest BCUT2D eigenvalue weighted by Crippen LogP contribution is -2.59. The van der Waals surface area contributed by atoms with Gasteiger partial charge in [-0.25, -0.2) is 0 Å². The molecule has 2 unspecified atom stereocenters. The number of rotatable bonds is 6. The van der Waals surface area contributed by atoms with Crippen molar-refractivity contribution in [3.63, 3.8) is 0 Å². The van der Waals surface area contributed by atoms with E-state index in [1.165, 1.54) is 0 Å². The molecule has 0 radical (unpaired) electrons. The molecule has 0 saturated heterocycles. The van der Waals surface area contributed by atoms with E-state index >= 15 is 0 Å². The van der Waals surface area contributed by atoms with Gasteiger partial charge < -0.3 is 16.4 Å². The molecule has 1 rings (SSSR count). The first-order valence-electron chi connectivity index (χ1n) is 7.28. The zero-order chi connectivity index (χ0) is 16.9. The Morgan fingerprint density at radius 2 is 1.77 bits per heavy atom. The highest BCUT2D eigenvalue weighted by Gasteiger charge is 2.30. The average molecular weight is 326 g/mol. The Balaban J connectivity index is 2.68. The van der Waals surface area contributed by atoms with Gasteiger partial charge in [0.2, 0.25) is 5.91 Å². The minimum absolute atomic E-state index is 0.181. The zero-order valence-corrected chi connectivity index (χ0v) is 14.2. The van der Waals surface area contributed by atoms with Gasteiger partial charge in [0.1, 0.15) is 6.04 Å². The smallest absolute Gasteiger partial charge is 0.251 e. The third-order valence-corrected chi connectivity index (χ3v) is 4.21. The van der Waals surface area contributed by atoms with Crippen LogP contribution in [0.3, 0.4) is 0 Å². The fourth-order valence-electron chi connectivity index (χ4n) is 1.77. The maximum absolute atomic E-state index is 12.2. The molecule has 0 aliphatic carbocycles. The highest BCUT2D eigenvalue weighted by molar-refractivity contribution is 6.30. The maximum Gasteiger partial charge on any atom is 0.251 e. The van der Waals surface area contributed by atoms with Crippen LogP contribution >= 0.6 is 11.6 Å². The summed E-state index contributed by atoms with van der Waals surface area (Å²) < 4.78 is 0. The Hall–Kier alpha value is -1.59. The van der Waals surface area contributed by atoms with Gasteiger partial charge >= 0.3 is 0 Å². The lowest BCUT2D eigenvalue weighted by Gasteiger charge is -2.34. The van der Waals surface area contributed by atoms with Crippen molar-refractivity contribution in [2.75, 3.05) is 6.54 Å². The summed E-state index contributed by atoms with van der Waals surface area (Å²) >= 11 is 5.78. The first-order chi connectivity index (χ1) is 10.2. The van der Waals surface area contributed by atoms with E-state index in [0.29, 0.717) is 17.1 Å². The molecular formula is C16H24ClN3O2. The van der Waals surface area contributed by atoms with Gasteiger partial charge in [-0.2, -0.15) is 0 Å². The summed E-state index contributed by atoms with van der Waals surface area (Å²) in [4.78, 5) is 24.3. The van der Waals surface area contributed by atoms with Crippen LogP contribution in [0, 0.1) is 5.92 Å². The van der Waals surface area contributed by atoms with Crippen LogP contribution in [-0.4, -0.2) is 29.9 Å². The molecular weight excluding hydrogens is 302 g/mol. The van der Waals surface area contributed by atoms with E-state index < -0.39 is 11.6 Å². The maximum atomic E-state index is 12.2. The van der Waals surface area contributed by atoms with E-state index in [9.17, 15) is 9.59 Å². The Labute approximate surface area is 136 Å². The second kappa shape index (κ2) is 7.61. The monoisotopic (exact) mass is 325 g/mol. The predicted molar refractivity (Wildman–Crippen MR) is 88.8 cm³/mol. The fraction of sp³-hybridized carbons (Fsp3) is 0.500. The van der Waals surface area contributed by atoms with Crippen molar-refractivity contribution in [1.29, 1.82) is 0 Å². The van der Waals surface area contributed by atoms with Gasteiger partial charge in [0.05, 0.1) is 5.54 Å². The molecule has 22 heavy (non-hydrogen) atoms. The fourth-order valence-corrected chi connectivity index (χ4v) is 1.89. The molecule has 1 aromatic carbocycles. The lowest BCUT2D eigenvalue weighted by molar-refractivity contribution is -0.124. The Kier molecular flexibility index (Phi) is 6.38. The van der Waals surface area contributed by atoms with Crippen LogP contribution in [0.2, 0.25) is 5.02 Å². The molecule has 2 amide bonds. The van der Waals surface area contributed by atoms with Gasteiger partial charge in [-0.1, -0.05) is 25.4 Å². The second-order valence-electron chi connectivity index (χ2n) is 5.97. The second-order valence-corrected chi connectivity index (χ2v) is 6.40. The van der Waals surface area contributed by atoms with Crippen LogP contribution in [0.5, 0.6) is 0 Å². The SMILES string of the molecule is CC(NC(=O)c1ccc(Cl)cc1)C(=O)NC(C)(CN)C(C)C. The van der Waals surface area contributed by atoms with Crippen molar-refractivity contribution in [1.82, 2.24) is 10.6 Å². The van der Waals surface area contributed by atoms with E-state index in [-0.39, 0.29) is 17.7 Å². The van der Waals surface area contributed by atoms with Crippen molar-refractivity contribution in [2.45, 2.75) is 39.3 Å². The van der Waals surface area contributed by atoms with Crippen molar-refractivity contribution in [2.24, 2.45) is 11.7 Å². The van der Waals surface area contributed by atoms with Crippen LogP contribution in [0.25, 0.3) is 0 Å². The van der Waals surface area contributed by atoms with E-state index in [2.05, 4.69) is 10.6 Å². The van der Waals surface area contributed by atoms with Gasteiger partial charge in [-0.3, -0.25) is 9.59 Å². The summed E-state index contributed by atoms with van der Waals surface area (Å²) in [6, 6.07) is 5.82. The molecule has 0 aliphatic rings. The van der Waals surface area contributed by atoms with E-state index in [4.69, 9.17) is 17.3 Å². The number of carbonyl (C=O) groups excluding carboxylic acids is 2. The lowest BCUT2D eigenvalue weighted by atomic mass is 9.88. The molecule has 2 atom stereocenters. The topological polar surface area (TPSA) is 84.2 Å². The highest BCUT2D eigenvalue weighted by Crippen LogP contribution is 2.15. The van der Waals surface area contributed by atoms with Crippen LogP contribution < -0.4 is 16.4 Å². The minimum atomic E-state index is -0.659. The van der Waals surface area contributed by atoms with Gasteiger partial charge in [0, 0.05) is 17.1 Å². The summed E-state index contributed by atoms with van der Waals surface area (Å²) in [6.45, 7) is 7.84. The molecule has 0 aliphatic heterocycles. The van der Waals surface area contributed by atoms with Gasteiger partial charge in [-0.15, -0.1) is 0 Å². The third kappa shape index (κ3) is 4.71. The molecule has 4 N–H and O–H groups in total. The molecule has 0 fully saturated rings. The summed E-state index contributed by atoms with van der Waals surface area (Å²) in [5, 5.41) is 6.13. The standard InChI is InChI=1S/C16H24ClN3O2/c1-10(2)16(4,9-18)20-14(21)11(3)19-15(22)12-5-7-13(17)8-6-12/h5-8,10-11H,9,18H2,1-4H3,(H,19,22)(H,20,21). The number of halogens is 1. The van der Waals surface area contributed by atoms with Gasteiger partial charge in [0.15, 0.2) is 0 Å². The van der Waals surface area contributed by atoms with Gasteiger partial charge in [-0.05, 0) is 44.0 Å². The van der Waals surface area contributed by atoms with Gasteiger partial charge in [0.25, 0.3) is 5.91 Å².